The van der Waals surface area contributed by atoms with Gasteiger partial charge in [-0.05, 0) is 84.4 Å². The minimum Gasteiger partial charge on any atom is -0.464 e. The highest BCUT2D eigenvalue weighted by atomic mass is 16.3. The van der Waals surface area contributed by atoms with Crippen molar-refractivity contribution < 1.29 is 29.4 Å². The minimum atomic E-state index is -0.765. The van der Waals surface area contributed by atoms with E-state index in [0.29, 0.717) is 32.9 Å². The molecule has 0 saturated heterocycles. The Balaban J connectivity index is 1.43. The maximum Gasteiger partial charge on any atom is 0.147 e. The van der Waals surface area contributed by atoms with Gasteiger partial charge in [0.1, 0.15) is 16.7 Å². The molecule has 0 aliphatic rings. The van der Waals surface area contributed by atoms with Gasteiger partial charge in [0.05, 0.1) is 32.2 Å². The van der Waals surface area contributed by atoms with Crippen LogP contribution < -0.4 is 0 Å². The highest BCUT2D eigenvalue weighted by Gasteiger charge is 2.20. The summed E-state index contributed by atoms with van der Waals surface area (Å²) in [5.74, 6) is 0. The average Bonchev–Trinajstić information content (AvgIpc) is 3.87. The number of fused-ring (bicyclic) bond motifs is 8. The fraction of sp³-hybridized carbons (Fsp3) is 0. The molecule has 2 heteroatoms. The first-order valence-corrected chi connectivity index (χ1v) is 14.4. The lowest BCUT2D eigenvalue weighted by Gasteiger charge is -2.18. The largest absolute Gasteiger partial charge is 0.464 e. The predicted molar refractivity (Wildman–Crippen MR) is 192 cm³/mol. The van der Waals surface area contributed by atoms with Crippen molar-refractivity contribution in [3.63, 3.8) is 0 Å². The van der Waals surface area contributed by atoms with Gasteiger partial charge in [0.15, 0.2) is 0 Å². The van der Waals surface area contributed by atoms with Crippen LogP contribution in [0.1, 0.15) is 20.6 Å². The molecule has 0 saturated carbocycles. The Morgan fingerprint density at radius 3 is 1.87 bits per heavy atom. The lowest BCUT2D eigenvalue weighted by Crippen LogP contribution is -1.91. The van der Waals surface area contributed by atoms with Crippen LogP contribution in [-0.4, -0.2) is 0 Å². The van der Waals surface area contributed by atoms with Crippen LogP contribution >= 0.6 is 0 Å². The third kappa shape index (κ3) is 3.59. The van der Waals surface area contributed by atoms with Crippen LogP contribution in [0.15, 0.2) is 166 Å². The van der Waals surface area contributed by atoms with Crippen molar-refractivity contribution in [3.8, 4) is 33.4 Å². The zero-order valence-corrected chi connectivity index (χ0v) is 23.7. The molecular weight excluding hydrogens is 560 g/mol. The number of hydrogen-bond donors (Lipinski definition) is 0. The fourth-order valence-corrected chi connectivity index (χ4v) is 6.51. The summed E-state index contributed by atoms with van der Waals surface area (Å²) in [4.78, 5) is 0. The summed E-state index contributed by atoms with van der Waals surface area (Å²) in [5, 5.41) is 0.0524. The van der Waals surface area contributed by atoms with Crippen LogP contribution in [0.2, 0.25) is 0 Å². The molecule has 46 heavy (non-hydrogen) atoms. The van der Waals surface area contributed by atoms with Crippen LogP contribution in [0.25, 0.3) is 98.6 Å². The Labute approximate surface area is 285 Å². The Bertz CT molecular complexity index is 3560. The molecule has 8 aromatic carbocycles. The first-order chi connectivity index (χ1) is 29.1. The van der Waals surface area contributed by atoms with Gasteiger partial charge in [-0.25, -0.2) is 0 Å². The predicted octanol–water partition coefficient (Wildman–Crippen LogP) is 12.8. The van der Waals surface area contributed by atoms with Gasteiger partial charge in [0, 0.05) is 16.3 Å². The Morgan fingerprint density at radius 2 is 1.11 bits per heavy atom. The van der Waals surface area contributed by atoms with Crippen molar-refractivity contribution in [2.75, 3.05) is 0 Å². The molecule has 0 aliphatic heterocycles. The first kappa shape index (κ1) is 14.8. The summed E-state index contributed by atoms with van der Waals surface area (Å²) >= 11 is 0. The molecule has 0 radical (unpaired) electrons. The second-order valence-corrected chi connectivity index (χ2v) is 10.9. The smallest absolute Gasteiger partial charge is 0.147 e. The van der Waals surface area contributed by atoms with E-state index in [1.54, 1.807) is 30.5 Å². The van der Waals surface area contributed by atoms with Gasteiger partial charge in [0.2, 0.25) is 0 Å². The lowest BCUT2D eigenvalue weighted by atomic mass is 9.84. The summed E-state index contributed by atoms with van der Waals surface area (Å²) in [7, 11) is 0. The summed E-state index contributed by atoms with van der Waals surface area (Å²) in [6, 6.07) is 7.88. The van der Waals surface area contributed by atoms with E-state index in [9.17, 15) is 6.85 Å². The van der Waals surface area contributed by atoms with E-state index in [1.807, 2.05) is 36.4 Å². The van der Waals surface area contributed by atoms with Gasteiger partial charge in [-0.1, -0.05) is 127 Å². The quantitative estimate of drug-likeness (QED) is 0.188. The maximum absolute atomic E-state index is 9.40. The molecule has 0 N–H and O–H groups in total. The third-order valence-electron chi connectivity index (χ3n) is 8.49. The maximum atomic E-state index is 9.40. The van der Waals surface area contributed by atoms with Crippen molar-refractivity contribution in [2.45, 2.75) is 0 Å². The highest BCUT2D eigenvalue weighted by Crippen LogP contribution is 2.47. The number of rotatable bonds is 3. The van der Waals surface area contributed by atoms with E-state index < -0.39 is 107 Å². The average molecular weight is 602 g/mol. The van der Waals surface area contributed by atoms with Gasteiger partial charge in [-0.15, -0.1) is 0 Å². The van der Waals surface area contributed by atoms with Crippen molar-refractivity contribution in [1.82, 2.24) is 0 Å². The molecule has 2 nitrogen and oxygen atoms in total. The Hall–Kier alpha value is -6.12. The molecule has 0 amide bonds. The molecule has 0 aliphatic carbocycles. The normalized spacial score (nSPS) is 16.5. The van der Waals surface area contributed by atoms with Gasteiger partial charge in [-0.3, -0.25) is 0 Å². The minimum absolute atomic E-state index is 0.000638. The van der Waals surface area contributed by atoms with E-state index in [0.717, 1.165) is 11.1 Å². The molecule has 2 aromatic heterocycles. The molecule has 0 spiro atoms. The van der Waals surface area contributed by atoms with Crippen molar-refractivity contribution in [1.29, 1.82) is 0 Å². The van der Waals surface area contributed by atoms with E-state index in [1.165, 1.54) is 0 Å². The Kier molecular flexibility index (Phi) is 3.11. The standard InChI is InChI=1S/C44H26O2/c1-2-11-28(12-3-1)38-26-45-40-24-22-36-37-25-29(21-23-39(37)46-44(36)43(38)40)41-32-16-6-8-18-34(32)42(35-19-9-7-17-33(35)41)31-20-10-14-27-13-4-5-15-30(27)31/h1-26H/i4D,5D,6D,7D,8D,9D,10D,13D,14D,15D,16D,17D,18D,19D,20D. The molecule has 10 rings (SSSR count). The Morgan fingerprint density at radius 1 is 0.457 bits per heavy atom. The van der Waals surface area contributed by atoms with Crippen LogP contribution in [-0.2, 0) is 0 Å². The van der Waals surface area contributed by atoms with Gasteiger partial charge in [-0.2, -0.15) is 0 Å². The monoisotopic (exact) mass is 601 g/mol. The van der Waals surface area contributed by atoms with Gasteiger partial charge >= 0.3 is 0 Å². The molecule has 214 valence electrons. The van der Waals surface area contributed by atoms with Crippen LogP contribution in [0, 0.1) is 0 Å². The van der Waals surface area contributed by atoms with Crippen LogP contribution in [0.5, 0.6) is 0 Å². The molecular formula is C44H26O2. The van der Waals surface area contributed by atoms with Crippen LogP contribution in [0.3, 0.4) is 0 Å². The molecule has 0 unspecified atom stereocenters. The lowest BCUT2D eigenvalue weighted by molar-refractivity contribution is 0.616. The zero-order valence-electron chi connectivity index (χ0n) is 38.7. The number of benzene rings is 8. The number of furan rings is 2. The van der Waals surface area contributed by atoms with Crippen molar-refractivity contribution >= 4 is 65.2 Å². The second-order valence-electron chi connectivity index (χ2n) is 10.9. The summed E-state index contributed by atoms with van der Waals surface area (Å²) in [6.07, 6.45) is 1.65. The van der Waals surface area contributed by atoms with Crippen molar-refractivity contribution in [3.05, 3.63) is 158 Å². The molecule has 10 aromatic rings. The third-order valence-corrected chi connectivity index (χ3v) is 8.49. The zero-order chi connectivity index (χ0) is 43.2. The van der Waals surface area contributed by atoms with E-state index in [2.05, 4.69) is 0 Å². The highest BCUT2D eigenvalue weighted by molar-refractivity contribution is 6.24. The topological polar surface area (TPSA) is 26.3 Å². The molecule has 0 atom stereocenters. The summed E-state index contributed by atoms with van der Waals surface area (Å²) in [5.41, 5.74) is 2.67. The van der Waals surface area contributed by atoms with E-state index in [4.69, 9.17) is 22.5 Å². The molecule has 0 bridgehead atoms. The van der Waals surface area contributed by atoms with Gasteiger partial charge < -0.3 is 8.83 Å². The first-order valence-electron chi connectivity index (χ1n) is 21.9. The van der Waals surface area contributed by atoms with Crippen LogP contribution in [0.4, 0.5) is 0 Å². The fourth-order valence-electron chi connectivity index (χ4n) is 6.51. The van der Waals surface area contributed by atoms with E-state index >= 15 is 0 Å². The molecule has 2 heterocycles. The summed E-state index contributed by atoms with van der Waals surface area (Å²) in [6.45, 7) is 0. The number of hydrogen-bond acceptors (Lipinski definition) is 2. The second kappa shape index (κ2) is 9.69. The van der Waals surface area contributed by atoms with Crippen molar-refractivity contribution in [2.24, 2.45) is 0 Å². The summed E-state index contributed by atoms with van der Waals surface area (Å²) < 4.78 is 147. The SMILES string of the molecule is [2H]c1c([2H])c([2H])c2c(-c3c4c([2H])c([2H])c([2H])c([2H])c4c(-c4ccc5oc6c(ccc7occ(-c8ccccc8)c76)c5c4)c4c([2H])c([2H])c([2H])c([2H])c34)c([2H])c([2H])c([2H])c2c1[2H]. The van der Waals surface area contributed by atoms with Gasteiger partial charge in [0.25, 0.3) is 0 Å². The van der Waals surface area contributed by atoms with E-state index in [-0.39, 0.29) is 38.2 Å². The molecule has 0 fully saturated rings.